The number of rotatable bonds is 9. The van der Waals surface area contributed by atoms with Crippen LogP contribution >= 0.6 is 0 Å². The number of aryl methyl sites for hydroxylation is 3. The van der Waals surface area contributed by atoms with Crippen molar-refractivity contribution in [3.8, 4) is 0 Å². The normalized spacial score (nSPS) is 14.9. The molecule has 0 aromatic heterocycles. The summed E-state index contributed by atoms with van der Waals surface area (Å²) >= 11 is 0. The van der Waals surface area contributed by atoms with E-state index in [4.69, 9.17) is 10.5 Å². The Kier molecular flexibility index (Phi) is 9.37. The SMILES string of the molecule is Cc1cc(C)cc(C(C(=O)Nc2ccccc2C)N(C(=O)C(CC(N)=O)NC(=O)OC(C)(C)C)C2CCC2)c1. The van der Waals surface area contributed by atoms with Gasteiger partial charge in [0.25, 0.3) is 5.91 Å². The summed E-state index contributed by atoms with van der Waals surface area (Å²) in [5.41, 5.74) is 8.72. The Morgan fingerprint density at radius 1 is 1.03 bits per heavy atom. The minimum atomic E-state index is -1.29. The van der Waals surface area contributed by atoms with Gasteiger partial charge in [0, 0.05) is 11.7 Å². The molecule has 0 saturated heterocycles. The highest BCUT2D eigenvalue weighted by Gasteiger charge is 2.42. The van der Waals surface area contributed by atoms with Gasteiger partial charge in [-0.3, -0.25) is 14.4 Å². The fraction of sp³-hybridized carbons (Fsp3) is 0.467. The molecule has 210 valence electrons. The molecule has 0 spiro atoms. The fourth-order valence-corrected chi connectivity index (χ4v) is 4.73. The Bertz CT molecular complexity index is 1210. The molecule has 2 aromatic carbocycles. The smallest absolute Gasteiger partial charge is 0.408 e. The molecule has 2 unspecified atom stereocenters. The summed E-state index contributed by atoms with van der Waals surface area (Å²) in [5, 5.41) is 5.53. The number of nitrogens with one attached hydrogen (secondary N) is 2. The molecule has 3 rings (SSSR count). The maximum atomic E-state index is 14.2. The lowest BCUT2D eigenvalue weighted by molar-refractivity contribution is -0.146. The molecular weight excluding hydrogens is 496 g/mol. The molecule has 1 aliphatic carbocycles. The second-order valence-electron chi connectivity index (χ2n) is 11.3. The molecule has 1 aliphatic rings. The van der Waals surface area contributed by atoms with E-state index in [1.54, 1.807) is 26.8 Å². The van der Waals surface area contributed by atoms with E-state index in [9.17, 15) is 19.2 Å². The molecule has 1 saturated carbocycles. The molecule has 2 atom stereocenters. The van der Waals surface area contributed by atoms with Crippen LogP contribution in [0.3, 0.4) is 0 Å². The maximum Gasteiger partial charge on any atom is 0.408 e. The lowest BCUT2D eigenvalue weighted by atomic mass is 9.87. The van der Waals surface area contributed by atoms with Gasteiger partial charge in [0.05, 0.1) is 6.42 Å². The van der Waals surface area contributed by atoms with E-state index in [0.717, 1.165) is 23.1 Å². The number of primary amides is 1. The molecule has 0 aliphatic heterocycles. The molecule has 9 heteroatoms. The Morgan fingerprint density at radius 2 is 1.64 bits per heavy atom. The van der Waals surface area contributed by atoms with Gasteiger partial charge >= 0.3 is 6.09 Å². The van der Waals surface area contributed by atoms with Crippen LogP contribution in [0.4, 0.5) is 10.5 Å². The predicted molar refractivity (Wildman–Crippen MR) is 150 cm³/mol. The molecule has 9 nitrogen and oxygen atoms in total. The third-order valence-corrected chi connectivity index (χ3v) is 6.61. The highest BCUT2D eigenvalue weighted by molar-refractivity contribution is 6.00. The van der Waals surface area contributed by atoms with E-state index < -0.39 is 42.0 Å². The zero-order valence-electron chi connectivity index (χ0n) is 23.7. The predicted octanol–water partition coefficient (Wildman–Crippen LogP) is 4.44. The number of hydrogen-bond donors (Lipinski definition) is 3. The van der Waals surface area contributed by atoms with Crippen molar-refractivity contribution >= 4 is 29.5 Å². The van der Waals surface area contributed by atoms with E-state index in [1.807, 2.05) is 57.2 Å². The van der Waals surface area contributed by atoms with E-state index in [-0.39, 0.29) is 11.9 Å². The molecule has 39 heavy (non-hydrogen) atoms. The van der Waals surface area contributed by atoms with Crippen LogP contribution < -0.4 is 16.4 Å². The van der Waals surface area contributed by atoms with Gasteiger partial charge in [0.2, 0.25) is 11.8 Å². The first-order chi connectivity index (χ1) is 18.2. The topological polar surface area (TPSA) is 131 Å². The van der Waals surface area contributed by atoms with Gasteiger partial charge < -0.3 is 26.0 Å². The average molecular weight is 537 g/mol. The van der Waals surface area contributed by atoms with E-state index in [2.05, 4.69) is 10.6 Å². The van der Waals surface area contributed by atoms with Crippen LogP contribution in [0, 0.1) is 20.8 Å². The van der Waals surface area contributed by atoms with Crippen molar-refractivity contribution in [2.24, 2.45) is 5.73 Å². The number of hydrogen-bond acceptors (Lipinski definition) is 5. The van der Waals surface area contributed by atoms with Crippen molar-refractivity contribution in [3.05, 3.63) is 64.7 Å². The van der Waals surface area contributed by atoms with E-state index in [0.29, 0.717) is 24.1 Å². The highest BCUT2D eigenvalue weighted by Crippen LogP contribution is 2.35. The first-order valence-electron chi connectivity index (χ1n) is 13.3. The van der Waals surface area contributed by atoms with Gasteiger partial charge in [-0.15, -0.1) is 0 Å². The third-order valence-electron chi connectivity index (χ3n) is 6.61. The molecule has 4 amide bonds. The monoisotopic (exact) mass is 536 g/mol. The molecule has 1 fully saturated rings. The van der Waals surface area contributed by atoms with Gasteiger partial charge in [0.1, 0.15) is 17.7 Å². The quantitative estimate of drug-likeness (QED) is 0.436. The summed E-state index contributed by atoms with van der Waals surface area (Å²) < 4.78 is 5.34. The number of anilines is 1. The number of carbonyl (C=O) groups is 4. The zero-order chi connectivity index (χ0) is 28.9. The van der Waals surface area contributed by atoms with E-state index in [1.165, 1.54) is 4.90 Å². The van der Waals surface area contributed by atoms with Gasteiger partial charge in [0.15, 0.2) is 0 Å². The van der Waals surface area contributed by atoms with Crippen LogP contribution in [0.5, 0.6) is 0 Å². The third kappa shape index (κ3) is 8.05. The summed E-state index contributed by atoms with van der Waals surface area (Å²) in [5.74, 6) is -1.71. The standard InChI is InChI=1S/C30H40N4O5/c1-18-14-19(2)16-21(15-18)26(27(36)32-23-13-8-7-10-20(23)3)34(22-11-9-12-22)28(37)24(17-25(31)35)33-29(38)39-30(4,5)6/h7-8,10,13-16,22,24,26H,9,11-12,17H2,1-6H3,(H2,31,35)(H,32,36)(H,33,38). The number of alkyl carbamates (subject to hydrolysis) is 1. The lowest BCUT2D eigenvalue weighted by Crippen LogP contribution is -2.57. The highest BCUT2D eigenvalue weighted by atomic mass is 16.6. The molecule has 4 N–H and O–H groups in total. The average Bonchev–Trinajstić information content (AvgIpc) is 2.76. The molecular formula is C30H40N4O5. The minimum Gasteiger partial charge on any atom is -0.444 e. The van der Waals surface area contributed by atoms with Crippen LogP contribution in [0.1, 0.15) is 74.8 Å². The first-order valence-corrected chi connectivity index (χ1v) is 13.3. The molecule has 2 aromatic rings. The van der Waals surface area contributed by atoms with Crippen molar-refractivity contribution < 1.29 is 23.9 Å². The van der Waals surface area contributed by atoms with Crippen LogP contribution in [0.15, 0.2) is 42.5 Å². The van der Waals surface area contributed by atoms with Gasteiger partial charge in [-0.2, -0.15) is 0 Å². The summed E-state index contributed by atoms with van der Waals surface area (Å²) in [6.45, 7) is 10.9. The number of amides is 4. The summed E-state index contributed by atoms with van der Waals surface area (Å²) in [4.78, 5) is 54.4. The van der Waals surface area contributed by atoms with Crippen LogP contribution in [0.2, 0.25) is 0 Å². The Balaban J connectivity index is 2.07. The van der Waals surface area contributed by atoms with Crippen molar-refractivity contribution in [2.45, 2.75) is 91.0 Å². The van der Waals surface area contributed by atoms with Gasteiger partial charge in [-0.05, 0) is 78.0 Å². The summed E-state index contributed by atoms with van der Waals surface area (Å²) in [6, 6.07) is 10.6. The minimum absolute atomic E-state index is 0.248. The van der Waals surface area contributed by atoms with Crippen molar-refractivity contribution in [1.82, 2.24) is 10.2 Å². The fourth-order valence-electron chi connectivity index (χ4n) is 4.73. The second kappa shape index (κ2) is 12.3. The van der Waals surface area contributed by atoms with Crippen molar-refractivity contribution in [3.63, 3.8) is 0 Å². The van der Waals surface area contributed by atoms with Crippen molar-refractivity contribution in [2.75, 3.05) is 5.32 Å². The zero-order valence-corrected chi connectivity index (χ0v) is 23.7. The summed E-state index contributed by atoms with van der Waals surface area (Å²) in [6.07, 6.45) is 1.01. The molecule has 0 heterocycles. The summed E-state index contributed by atoms with van der Waals surface area (Å²) in [7, 11) is 0. The number of benzene rings is 2. The Hall–Kier alpha value is -3.88. The van der Waals surface area contributed by atoms with Crippen LogP contribution in [-0.4, -0.2) is 46.4 Å². The Morgan fingerprint density at radius 3 is 2.15 bits per heavy atom. The molecule has 0 bridgehead atoms. The first kappa shape index (κ1) is 29.7. The molecule has 0 radical (unpaired) electrons. The van der Waals surface area contributed by atoms with Gasteiger partial charge in [-0.1, -0.05) is 47.5 Å². The lowest BCUT2D eigenvalue weighted by Gasteiger charge is -2.43. The number of ether oxygens (including phenoxy) is 1. The largest absolute Gasteiger partial charge is 0.444 e. The van der Waals surface area contributed by atoms with E-state index >= 15 is 0 Å². The van der Waals surface area contributed by atoms with Crippen molar-refractivity contribution in [1.29, 1.82) is 0 Å². The number of nitrogens with zero attached hydrogens (tertiary/aromatic N) is 1. The van der Waals surface area contributed by atoms with Gasteiger partial charge in [-0.25, -0.2) is 4.79 Å². The number of para-hydroxylation sites is 1. The second-order valence-corrected chi connectivity index (χ2v) is 11.3. The number of nitrogens with two attached hydrogens (primary N) is 1. The Labute approximate surface area is 230 Å². The van der Waals surface area contributed by atoms with Crippen LogP contribution in [-0.2, 0) is 19.1 Å². The van der Waals surface area contributed by atoms with Crippen LogP contribution in [0.25, 0.3) is 0 Å². The maximum absolute atomic E-state index is 14.2. The number of carbonyl (C=O) groups excluding carboxylic acids is 4.